The van der Waals surface area contributed by atoms with Crippen LogP contribution < -0.4 is 20.7 Å². The van der Waals surface area contributed by atoms with Gasteiger partial charge in [-0.25, -0.2) is 0 Å². The SMILES string of the molecule is CC[C@H](NN)c1ccc(OC)cc1OC. The Bertz CT molecular complexity index is 311. The van der Waals surface area contributed by atoms with E-state index in [9.17, 15) is 0 Å². The first-order valence-corrected chi connectivity index (χ1v) is 4.94. The molecule has 0 aromatic heterocycles. The summed E-state index contributed by atoms with van der Waals surface area (Å²) >= 11 is 0. The van der Waals surface area contributed by atoms with Gasteiger partial charge in [0.05, 0.1) is 14.2 Å². The summed E-state index contributed by atoms with van der Waals surface area (Å²) in [7, 11) is 3.27. The Kier molecular flexibility index (Phi) is 4.39. The Balaban J connectivity index is 3.06. The Morgan fingerprint density at radius 2 is 2.07 bits per heavy atom. The Morgan fingerprint density at radius 1 is 1.33 bits per heavy atom. The third-order valence-corrected chi connectivity index (χ3v) is 2.43. The van der Waals surface area contributed by atoms with Crippen LogP contribution in [0.1, 0.15) is 24.9 Å². The molecule has 0 spiro atoms. The molecule has 0 aliphatic carbocycles. The summed E-state index contributed by atoms with van der Waals surface area (Å²) < 4.78 is 10.4. The molecule has 0 bridgehead atoms. The summed E-state index contributed by atoms with van der Waals surface area (Å²) in [6.07, 6.45) is 0.902. The molecular formula is C11H18N2O2. The molecule has 0 saturated heterocycles. The highest BCUT2D eigenvalue weighted by Gasteiger charge is 2.13. The smallest absolute Gasteiger partial charge is 0.127 e. The van der Waals surface area contributed by atoms with Crippen LogP contribution in [-0.4, -0.2) is 14.2 Å². The Hall–Kier alpha value is -1.26. The fourth-order valence-corrected chi connectivity index (χ4v) is 1.53. The summed E-state index contributed by atoms with van der Waals surface area (Å²) in [5, 5.41) is 0. The van der Waals surface area contributed by atoms with Gasteiger partial charge < -0.3 is 9.47 Å². The maximum absolute atomic E-state index is 5.47. The fraction of sp³-hybridized carbons (Fsp3) is 0.455. The molecule has 0 amide bonds. The van der Waals surface area contributed by atoms with E-state index in [0.29, 0.717) is 0 Å². The van der Waals surface area contributed by atoms with Crippen molar-refractivity contribution in [2.75, 3.05) is 14.2 Å². The molecule has 4 nitrogen and oxygen atoms in total. The molecule has 0 heterocycles. The number of nitrogens with two attached hydrogens (primary N) is 1. The molecule has 0 radical (unpaired) electrons. The fourth-order valence-electron chi connectivity index (χ4n) is 1.53. The number of hydrazine groups is 1. The van der Waals surface area contributed by atoms with E-state index < -0.39 is 0 Å². The zero-order valence-electron chi connectivity index (χ0n) is 9.41. The highest BCUT2D eigenvalue weighted by atomic mass is 16.5. The molecule has 0 unspecified atom stereocenters. The molecule has 1 atom stereocenters. The molecule has 84 valence electrons. The zero-order chi connectivity index (χ0) is 11.3. The van der Waals surface area contributed by atoms with Gasteiger partial charge in [0.2, 0.25) is 0 Å². The van der Waals surface area contributed by atoms with E-state index in [1.807, 2.05) is 18.2 Å². The predicted molar refractivity (Wildman–Crippen MR) is 59.9 cm³/mol. The topological polar surface area (TPSA) is 56.5 Å². The van der Waals surface area contributed by atoms with E-state index in [2.05, 4.69) is 12.3 Å². The minimum absolute atomic E-state index is 0.103. The van der Waals surface area contributed by atoms with Gasteiger partial charge in [0.15, 0.2) is 0 Å². The Labute approximate surface area is 90.3 Å². The van der Waals surface area contributed by atoms with Gasteiger partial charge in [-0.15, -0.1) is 0 Å². The van der Waals surface area contributed by atoms with Crippen LogP contribution in [0.5, 0.6) is 11.5 Å². The van der Waals surface area contributed by atoms with Crippen LogP contribution >= 0.6 is 0 Å². The number of nitrogens with one attached hydrogen (secondary N) is 1. The number of benzene rings is 1. The zero-order valence-corrected chi connectivity index (χ0v) is 9.41. The molecule has 0 aliphatic heterocycles. The van der Waals surface area contributed by atoms with Crippen molar-refractivity contribution in [3.05, 3.63) is 23.8 Å². The van der Waals surface area contributed by atoms with Crippen molar-refractivity contribution in [2.45, 2.75) is 19.4 Å². The van der Waals surface area contributed by atoms with Crippen LogP contribution in [0.3, 0.4) is 0 Å². The maximum atomic E-state index is 5.47. The second kappa shape index (κ2) is 5.58. The molecule has 1 aromatic carbocycles. The van der Waals surface area contributed by atoms with E-state index in [1.165, 1.54) is 0 Å². The molecule has 3 N–H and O–H groups in total. The van der Waals surface area contributed by atoms with Gasteiger partial charge >= 0.3 is 0 Å². The average Bonchev–Trinajstić information content (AvgIpc) is 2.31. The molecule has 0 saturated carbocycles. The number of ether oxygens (including phenoxy) is 2. The van der Waals surface area contributed by atoms with Crippen molar-refractivity contribution in [2.24, 2.45) is 5.84 Å². The van der Waals surface area contributed by atoms with Crippen LogP contribution in [0.4, 0.5) is 0 Å². The van der Waals surface area contributed by atoms with E-state index in [1.54, 1.807) is 14.2 Å². The van der Waals surface area contributed by atoms with Crippen LogP contribution in [0.2, 0.25) is 0 Å². The molecule has 0 fully saturated rings. The lowest BCUT2D eigenvalue weighted by atomic mass is 10.0. The lowest BCUT2D eigenvalue weighted by Gasteiger charge is -2.17. The van der Waals surface area contributed by atoms with E-state index in [0.717, 1.165) is 23.5 Å². The summed E-state index contributed by atoms with van der Waals surface area (Å²) in [5.41, 5.74) is 3.80. The second-order valence-corrected chi connectivity index (χ2v) is 3.24. The number of hydrogen-bond acceptors (Lipinski definition) is 4. The van der Waals surface area contributed by atoms with Gasteiger partial charge in [0, 0.05) is 17.7 Å². The van der Waals surface area contributed by atoms with Crippen LogP contribution in [0, 0.1) is 0 Å². The third-order valence-electron chi connectivity index (χ3n) is 2.43. The summed E-state index contributed by atoms with van der Waals surface area (Å²) in [6.45, 7) is 2.06. The van der Waals surface area contributed by atoms with Gasteiger partial charge in [-0.05, 0) is 12.5 Å². The summed E-state index contributed by atoms with van der Waals surface area (Å²) in [5.74, 6) is 7.04. The highest BCUT2D eigenvalue weighted by molar-refractivity contribution is 5.42. The third kappa shape index (κ3) is 2.61. The van der Waals surface area contributed by atoms with Gasteiger partial charge in [-0.3, -0.25) is 11.3 Å². The molecule has 1 rings (SSSR count). The van der Waals surface area contributed by atoms with E-state index >= 15 is 0 Å². The summed E-state index contributed by atoms with van der Waals surface area (Å²) in [6, 6.07) is 5.82. The van der Waals surface area contributed by atoms with E-state index in [-0.39, 0.29) is 6.04 Å². The number of methoxy groups -OCH3 is 2. The Morgan fingerprint density at radius 3 is 2.53 bits per heavy atom. The predicted octanol–water partition coefficient (Wildman–Crippen LogP) is 1.62. The van der Waals surface area contributed by atoms with Crippen molar-refractivity contribution in [1.82, 2.24) is 5.43 Å². The van der Waals surface area contributed by atoms with Gasteiger partial charge in [-0.2, -0.15) is 0 Å². The second-order valence-electron chi connectivity index (χ2n) is 3.24. The molecule has 1 aromatic rings. The van der Waals surface area contributed by atoms with Crippen molar-refractivity contribution in [3.63, 3.8) is 0 Å². The lowest BCUT2D eigenvalue weighted by molar-refractivity contribution is 0.383. The molecule has 0 aliphatic rings. The van der Waals surface area contributed by atoms with Gasteiger partial charge in [0.1, 0.15) is 11.5 Å². The van der Waals surface area contributed by atoms with Crippen molar-refractivity contribution >= 4 is 0 Å². The van der Waals surface area contributed by atoms with Gasteiger partial charge in [-0.1, -0.05) is 13.0 Å². The first-order chi connectivity index (χ1) is 7.26. The van der Waals surface area contributed by atoms with E-state index in [4.69, 9.17) is 15.3 Å². The monoisotopic (exact) mass is 210 g/mol. The normalized spacial score (nSPS) is 12.3. The number of hydrogen-bond donors (Lipinski definition) is 2. The standard InChI is InChI=1S/C11H18N2O2/c1-4-10(13-12)9-6-5-8(14-2)7-11(9)15-3/h5-7,10,13H,4,12H2,1-3H3/t10-/m0/s1. The van der Waals surface area contributed by atoms with Crippen LogP contribution in [0.25, 0.3) is 0 Å². The van der Waals surface area contributed by atoms with Crippen molar-refractivity contribution in [3.8, 4) is 11.5 Å². The van der Waals surface area contributed by atoms with Crippen LogP contribution in [-0.2, 0) is 0 Å². The molecule has 15 heavy (non-hydrogen) atoms. The first-order valence-electron chi connectivity index (χ1n) is 4.94. The molecular weight excluding hydrogens is 192 g/mol. The average molecular weight is 210 g/mol. The quantitative estimate of drug-likeness (QED) is 0.572. The highest BCUT2D eigenvalue weighted by Crippen LogP contribution is 2.30. The molecule has 4 heteroatoms. The van der Waals surface area contributed by atoms with Gasteiger partial charge in [0.25, 0.3) is 0 Å². The first kappa shape index (κ1) is 11.8. The number of rotatable bonds is 5. The minimum Gasteiger partial charge on any atom is -0.497 e. The minimum atomic E-state index is 0.103. The van der Waals surface area contributed by atoms with Crippen molar-refractivity contribution in [1.29, 1.82) is 0 Å². The van der Waals surface area contributed by atoms with Crippen LogP contribution in [0.15, 0.2) is 18.2 Å². The maximum Gasteiger partial charge on any atom is 0.127 e. The largest absolute Gasteiger partial charge is 0.497 e. The van der Waals surface area contributed by atoms with Crippen molar-refractivity contribution < 1.29 is 9.47 Å². The lowest BCUT2D eigenvalue weighted by Crippen LogP contribution is -2.27. The summed E-state index contributed by atoms with van der Waals surface area (Å²) in [4.78, 5) is 0.